The number of carboxylic acids is 1. The molecule has 0 bridgehead atoms. The van der Waals surface area contributed by atoms with Crippen LogP contribution in [0.4, 0.5) is 0 Å². The van der Waals surface area contributed by atoms with Gasteiger partial charge in [0.25, 0.3) is 0 Å². The number of carbonyl (C=O) groups is 2. The van der Waals surface area contributed by atoms with Crippen molar-refractivity contribution in [3.05, 3.63) is 0 Å². The molecule has 104 valence electrons. The Hall–Kier alpha value is -0.950. The third-order valence-corrected chi connectivity index (χ3v) is 4.61. The number of carboxylic acid groups (broad SMARTS) is 1. The minimum Gasteiger partial charge on any atom is -0.480 e. The first kappa shape index (κ1) is 15.1. The van der Waals surface area contributed by atoms with Crippen molar-refractivity contribution in [1.29, 1.82) is 0 Å². The summed E-state index contributed by atoms with van der Waals surface area (Å²) in [5.74, 6) is -1.86. The van der Waals surface area contributed by atoms with Crippen LogP contribution in [0.3, 0.4) is 0 Å². The summed E-state index contributed by atoms with van der Waals surface area (Å²) >= 11 is 0. The Bertz CT molecular complexity index is 338. The molecule has 1 rings (SSSR count). The molecular weight excluding hydrogens is 258 g/mol. The molecule has 2 atom stereocenters. The second kappa shape index (κ2) is 6.84. The molecule has 2 unspecified atom stereocenters. The highest BCUT2D eigenvalue weighted by atomic mass is 32.2. The number of rotatable bonds is 5. The van der Waals surface area contributed by atoms with E-state index in [0.29, 0.717) is 26.3 Å². The Balaban J connectivity index is 2.57. The summed E-state index contributed by atoms with van der Waals surface area (Å²) in [4.78, 5) is 24.4. The number of morpholine rings is 1. The van der Waals surface area contributed by atoms with Gasteiger partial charge in [-0.1, -0.05) is 13.8 Å². The van der Waals surface area contributed by atoms with Crippen LogP contribution in [0.25, 0.3) is 0 Å². The first-order valence-corrected chi connectivity index (χ1v) is 7.27. The molecule has 1 aliphatic rings. The van der Waals surface area contributed by atoms with E-state index in [1.807, 2.05) is 0 Å². The van der Waals surface area contributed by atoms with E-state index in [1.165, 1.54) is 0 Å². The van der Waals surface area contributed by atoms with Crippen molar-refractivity contribution in [2.45, 2.75) is 19.1 Å². The average molecular weight is 277 g/mol. The molecule has 0 spiro atoms. The summed E-state index contributed by atoms with van der Waals surface area (Å²) in [6, 6.07) is 0. The highest BCUT2D eigenvalue weighted by molar-refractivity contribution is 7.87. The van der Waals surface area contributed by atoms with Crippen LogP contribution in [0.5, 0.6) is 0 Å². The van der Waals surface area contributed by atoms with E-state index in [4.69, 9.17) is 9.84 Å². The standard InChI is InChI=1S/C11H19NO5S/c1-8(2)10(11(14)15)18(16)7-9(13)12-3-5-17-6-4-12/h8,10H,3-7H2,1-2H3,(H,14,15). The molecule has 1 heterocycles. The van der Waals surface area contributed by atoms with Gasteiger partial charge < -0.3 is 14.7 Å². The highest BCUT2D eigenvalue weighted by Crippen LogP contribution is 2.11. The Labute approximate surface area is 109 Å². The summed E-state index contributed by atoms with van der Waals surface area (Å²) < 4.78 is 17.0. The van der Waals surface area contributed by atoms with Crippen molar-refractivity contribution in [1.82, 2.24) is 4.90 Å². The van der Waals surface area contributed by atoms with Crippen molar-refractivity contribution < 1.29 is 23.6 Å². The number of nitrogens with zero attached hydrogens (tertiary/aromatic N) is 1. The van der Waals surface area contributed by atoms with Crippen LogP contribution in [0, 0.1) is 5.92 Å². The van der Waals surface area contributed by atoms with E-state index < -0.39 is 22.0 Å². The Morgan fingerprint density at radius 1 is 1.33 bits per heavy atom. The number of amides is 1. The largest absolute Gasteiger partial charge is 0.480 e. The summed E-state index contributed by atoms with van der Waals surface area (Å²) in [5, 5.41) is 8.01. The molecule has 1 aliphatic heterocycles. The minimum absolute atomic E-state index is 0.227. The number of ether oxygens (including phenoxy) is 1. The molecule has 1 fully saturated rings. The van der Waals surface area contributed by atoms with Gasteiger partial charge in [0, 0.05) is 23.9 Å². The number of aliphatic carboxylic acids is 1. The molecular formula is C11H19NO5S. The quantitative estimate of drug-likeness (QED) is 0.746. The van der Waals surface area contributed by atoms with E-state index >= 15 is 0 Å². The topological polar surface area (TPSA) is 83.9 Å². The average Bonchev–Trinajstić information content (AvgIpc) is 2.28. The third kappa shape index (κ3) is 4.06. The molecule has 1 N–H and O–H groups in total. The third-order valence-electron chi connectivity index (χ3n) is 2.76. The zero-order chi connectivity index (χ0) is 13.7. The maximum Gasteiger partial charge on any atom is 0.319 e. The monoisotopic (exact) mass is 277 g/mol. The predicted molar refractivity (Wildman–Crippen MR) is 66.7 cm³/mol. The predicted octanol–water partition coefficient (Wildman–Crippen LogP) is -0.297. The van der Waals surface area contributed by atoms with Crippen LogP contribution in [0.15, 0.2) is 0 Å². The van der Waals surface area contributed by atoms with Gasteiger partial charge in [0.1, 0.15) is 11.0 Å². The molecule has 0 radical (unpaired) electrons. The highest BCUT2D eigenvalue weighted by Gasteiger charge is 2.30. The molecule has 0 aromatic rings. The molecule has 0 aromatic heterocycles. The normalized spacial score (nSPS) is 19.6. The van der Waals surface area contributed by atoms with Gasteiger partial charge in [-0.3, -0.25) is 13.8 Å². The van der Waals surface area contributed by atoms with Crippen molar-refractivity contribution in [2.24, 2.45) is 5.92 Å². The molecule has 18 heavy (non-hydrogen) atoms. The van der Waals surface area contributed by atoms with Crippen LogP contribution in [-0.2, 0) is 25.1 Å². The van der Waals surface area contributed by atoms with Crippen molar-refractivity contribution >= 4 is 22.7 Å². The molecule has 1 saturated heterocycles. The molecule has 6 nitrogen and oxygen atoms in total. The number of hydrogen-bond acceptors (Lipinski definition) is 4. The van der Waals surface area contributed by atoms with Crippen molar-refractivity contribution in [3.63, 3.8) is 0 Å². The van der Waals surface area contributed by atoms with Gasteiger partial charge in [0.15, 0.2) is 0 Å². The second-order valence-electron chi connectivity index (χ2n) is 4.52. The van der Waals surface area contributed by atoms with Gasteiger partial charge in [0.2, 0.25) is 5.91 Å². The van der Waals surface area contributed by atoms with Crippen LogP contribution in [-0.4, -0.2) is 63.4 Å². The lowest BCUT2D eigenvalue weighted by atomic mass is 10.1. The first-order valence-electron chi connectivity index (χ1n) is 5.89. The van der Waals surface area contributed by atoms with Crippen molar-refractivity contribution in [3.8, 4) is 0 Å². The Morgan fingerprint density at radius 3 is 2.33 bits per heavy atom. The molecule has 0 aromatic carbocycles. The second-order valence-corrected chi connectivity index (χ2v) is 6.08. The minimum atomic E-state index is -1.68. The van der Waals surface area contributed by atoms with Gasteiger partial charge in [-0.25, -0.2) is 0 Å². The summed E-state index contributed by atoms with van der Waals surface area (Å²) in [6.45, 7) is 5.30. The number of hydrogen-bond donors (Lipinski definition) is 1. The van der Waals surface area contributed by atoms with Crippen LogP contribution < -0.4 is 0 Å². The number of carbonyl (C=O) groups excluding carboxylic acids is 1. The van der Waals surface area contributed by atoms with Gasteiger partial charge >= 0.3 is 5.97 Å². The van der Waals surface area contributed by atoms with E-state index in [0.717, 1.165) is 0 Å². The van der Waals surface area contributed by atoms with Gasteiger partial charge in [-0.2, -0.15) is 0 Å². The summed E-state index contributed by atoms with van der Waals surface area (Å²) in [5.41, 5.74) is 0. The fourth-order valence-electron chi connectivity index (χ4n) is 1.82. The van der Waals surface area contributed by atoms with Gasteiger partial charge in [-0.15, -0.1) is 0 Å². The molecule has 0 aliphatic carbocycles. The lowest BCUT2D eigenvalue weighted by Crippen LogP contribution is -2.44. The van der Waals surface area contributed by atoms with Gasteiger partial charge in [0.05, 0.1) is 13.2 Å². The zero-order valence-corrected chi connectivity index (χ0v) is 11.4. The molecule has 7 heteroatoms. The fraction of sp³-hybridized carbons (Fsp3) is 0.818. The van der Waals surface area contributed by atoms with E-state index in [-0.39, 0.29) is 17.6 Å². The summed E-state index contributed by atoms with van der Waals surface area (Å²) in [6.07, 6.45) is 0. The maximum atomic E-state index is 11.9. The lowest BCUT2D eigenvalue weighted by Gasteiger charge is -2.27. The van der Waals surface area contributed by atoms with E-state index in [9.17, 15) is 13.8 Å². The lowest BCUT2D eigenvalue weighted by molar-refractivity contribution is -0.137. The SMILES string of the molecule is CC(C)C(C(=O)O)S(=O)CC(=O)N1CCOCC1. The smallest absolute Gasteiger partial charge is 0.319 e. The molecule has 0 saturated carbocycles. The Morgan fingerprint density at radius 2 is 1.89 bits per heavy atom. The van der Waals surface area contributed by atoms with Gasteiger partial charge in [-0.05, 0) is 5.92 Å². The molecule has 1 amide bonds. The Kier molecular flexibility index (Phi) is 5.74. The van der Waals surface area contributed by atoms with E-state index in [2.05, 4.69) is 0 Å². The summed E-state index contributed by atoms with van der Waals surface area (Å²) in [7, 11) is -1.68. The van der Waals surface area contributed by atoms with Crippen molar-refractivity contribution in [2.75, 3.05) is 32.1 Å². The van der Waals surface area contributed by atoms with Crippen LogP contribution >= 0.6 is 0 Å². The van der Waals surface area contributed by atoms with E-state index in [1.54, 1.807) is 18.7 Å². The van der Waals surface area contributed by atoms with Crippen LogP contribution in [0.2, 0.25) is 0 Å². The first-order chi connectivity index (χ1) is 8.43. The van der Waals surface area contributed by atoms with Crippen LogP contribution in [0.1, 0.15) is 13.8 Å². The maximum absolute atomic E-state index is 11.9. The fourth-order valence-corrected chi connectivity index (χ4v) is 3.25. The zero-order valence-electron chi connectivity index (χ0n) is 10.6.